The third-order valence-corrected chi connectivity index (χ3v) is 6.65. The number of rotatable bonds is 4. The fraction of sp³-hybridized carbons (Fsp3) is 0.294. The van der Waals surface area contributed by atoms with Gasteiger partial charge in [-0.1, -0.05) is 41.0 Å². The van der Waals surface area contributed by atoms with Crippen LogP contribution in [0.15, 0.2) is 32.8 Å². The van der Waals surface area contributed by atoms with E-state index in [-0.39, 0.29) is 41.3 Å². The number of nitrogen functional groups attached to an aromatic ring is 1. The second-order valence-electron chi connectivity index (χ2n) is 6.42. The van der Waals surface area contributed by atoms with E-state index in [9.17, 15) is 24.6 Å². The molecular weight excluding hydrogens is 457 g/mol. The molecule has 13 heteroatoms. The highest BCUT2D eigenvalue weighted by Gasteiger charge is 2.36. The lowest BCUT2D eigenvalue weighted by molar-refractivity contribution is -0.142. The van der Waals surface area contributed by atoms with E-state index in [0.29, 0.717) is 9.92 Å². The van der Waals surface area contributed by atoms with Crippen molar-refractivity contribution in [1.82, 2.24) is 14.5 Å². The first-order chi connectivity index (χ1) is 14.1. The van der Waals surface area contributed by atoms with E-state index in [1.807, 2.05) is 0 Å². The number of amides is 1. The van der Waals surface area contributed by atoms with Crippen molar-refractivity contribution < 1.29 is 19.8 Å². The Labute approximate surface area is 184 Å². The molecule has 0 aliphatic carbocycles. The minimum absolute atomic E-state index is 0.0540. The Balaban J connectivity index is 1.95. The van der Waals surface area contributed by atoms with E-state index < -0.39 is 23.7 Å². The molecular formula is C17H17Cl2N5O5S. The van der Waals surface area contributed by atoms with Crippen LogP contribution in [0.3, 0.4) is 0 Å². The molecule has 1 aromatic heterocycles. The van der Waals surface area contributed by atoms with E-state index in [1.54, 1.807) is 18.2 Å². The second-order valence-corrected chi connectivity index (χ2v) is 8.26. The molecule has 0 radical (unpaired) electrons. The molecule has 1 aromatic carbocycles. The van der Waals surface area contributed by atoms with Crippen LogP contribution in [0.5, 0.6) is 0 Å². The zero-order valence-electron chi connectivity index (χ0n) is 15.6. The minimum Gasteiger partial charge on any atom is -0.480 e. The van der Waals surface area contributed by atoms with Crippen molar-refractivity contribution in [2.75, 3.05) is 30.3 Å². The number of piperazine rings is 1. The van der Waals surface area contributed by atoms with Crippen LogP contribution in [0.25, 0.3) is 0 Å². The molecule has 0 spiro atoms. The van der Waals surface area contributed by atoms with Crippen LogP contribution in [0.1, 0.15) is 0 Å². The number of hydrogen-bond donors (Lipinski definition) is 3. The topological polar surface area (TPSA) is 142 Å². The molecule has 160 valence electrons. The minimum atomic E-state index is -1.33. The van der Waals surface area contributed by atoms with E-state index in [2.05, 4.69) is 4.98 Å². The molecule has 0 bridgehead atoms. The van der Waals surface area contributed by atoms with E-state index in [0.717, 1.165) is 16.7 Å². The van der Waals surface area contributed by atoms with Gasteiger partial charge in [-0.2, -0.15) is 4.98 Å². The maximum absolute atomic E-state index is 12.9. The monoisotopic (exact) mass is 473 g/mol. The Morgan fingerprint density at radius 1 is 1.27 bits per heavy atom. The molecule has 10 nitrogen and oxygen atoms in total. The molecule has 1 saturated heterocycles. The van der Waals surface area contributed by atoms with Crippen molar-refractivity contribution in [3.05, 3.63) is 38.6 Å². The normalized spacial score (nSPS) is 16.6. The molecule has 1 amide bonds. The standard InChI is InChI=1S/C17H17Cl2N5O5S/c1-22-14(25)12(30-10-4-2-3-8(18)11(10)19)13(20)21-16(22)23-5-6-24(17(28)29)9(7-23)15(26)27/h2-4,9H,5-7,20H2,1H3,(H,26,27)(H,28,29)/t9-/m1/s1. The number of carboxylic acid groups (broad SMARTS) is 2. The fourth-order valence-corrected chi connectivity index (χ4v) is 4.46. The number of carbonyl (C=O) groups is 2. The lowest BCUT2D eigenvalue weighted by atomic mass is 10.2. The molecule has 0 saturated carbocycles. The smallest absolute Gasteiger partial charge is 0.408 e. The zero-order valence-corrected chi connectivity index (χ0v) is 17.9. The maximum atomic E-state index is 12.9. The van der Waals surface area contributed by atoms with E-state index in [1.165, 1.54) is 16.5 Å². The second kappa shape index (κ2) is 8.62. The number of nitrogens with two attached hydrogens (primary N) is 1. The number of benzene rings is 1. The van der Waals surface area contributed by atoms with Gasteiger partial charge in [-0.15, -0.1) is 0 Å². The first-order valence-corrected chi connectivity index (χ1v) is 10.1. The molecule has 1 atom stereocenters. The number of halogens is 2. The van der Waals surface area contributed by atoms with Gasteiger partial charge in [0.05, 0.1) is 16.6 Å². The Bertz CT molecular complexity index is 1080. The summed E-state index contributed by atoms with van der Waals surface area (Å²) in [6.07, 6.45) is -1.33. The Hall–Kier alpha value is -2.63. The predicted molar refractivity (Wildman–Crippen MR) is 113 cm³/mol. The molecule has 0 unspecified atom stereocenters. The van der Waals surface area contributed by atoms with Crippen LogP contribution in [-0.2, 0) is 11.8 Å². The van der Waals surface area contributed by atoms with Crippen LogP contribution in [-0.4, -0.2) is 62.4 Å². The summed E-state index contributed by atoms with van der Waals surface area (Å²) in [5.74, 6) is -1.19. The van der Waals surface area contributed by atoms with Crippen LogP contribution in [0.4, 0.5) is 16.6 Å². The molecule has 1 aliphatic heterocycles. The first-order valence-electron chi connectivity index (χ1n) is 8.57. The van der Waals surface area contributed by atoms with Gasteiger partial charge in [0, 0.05) is 25.0 Å². The van der Waals surface area contributed by atoms with Crippen molar-refractivity contribution in [2.24, 2.45) is 7.05 Å². The number of aromatic nitrogens is 2. The Morgan fingerprint density at radius 3 is 2.60 bits per heavy atom. The number of nitrogens with zero attached hydrogens (tertiary/aromatic N) is 4. The molecule has 4 N–H and O–H groups in total. The summed E-state index contributed by atoms with van der Waals surface area (Å²) >= 11 is 13.2. The van der Waals surface area contributed by atoms with Crippen molar-refractivity contribution >= 4 is 58.8 Å². The van der Waals surface area contributed by atoms with Crippen LogP contribution >= 0.6 is 35.0 Å². The van der Waals surface area contributed by atoms with Crippen LogP contribution < -0.4 is 16.2 Å². The third kappa shape index (κ3) is 4.13. The SMILES string of the molecule is Cn1c(N2CCN(C(=O)O)[C@@H](C(=O)O)C2)nc(N)c(Sc2cccc(Cl)c2Cl)c1=O. The fourth-order valence-electron chi connectivity index (χ4n) is 3.04. The van der Waals surface area contributed by atoms with Gasteiger partial charge in [-0.3, -0.25) is 14.3 Å². The van der Waals surface area contributed by atoms with Gasteiger partial charge in [0.15, 0.2) is 0 Å². The maximum Gasteiger partial charge on any atom is 0.408 e. The lowest BCUT2D eigenvalue weighted by Crippen LogP contribution is -2.58. The molecule has 1 fully saturated rings. The highest BCUT2D eigenvalue weighted by atomic mass is 35.5. The first kappa shape index (κ1) is 22.1. The lowest BCUT2D eigenvalue weighted by Gasteiger charge is -2.38. The van der Waals surface area contributed by atoms with Gasteiger partial charge >= 0.3 is 12.1 Å². The van der Waals surface area contributed by atoms with Gasteiger partial charge in [-0.05, 0) is 12.1 Å². The highest BCUT2D eigenvalue weighted by molar-refractivity contribution is 7.99. The summed E-state index contributed by atoms with van der Waals surface area (Å²) in [7, 11) is 1.48. The molecule has 2 aromatic rings. The largest absolute Gasteiger partial charge is 0.480 e. The number of aliphatic carboxylic acids is 1. The van der Waals surface area contributed by atoms with Crippen molar-refractivity contribution in [3.63, 3.8) is 0 Å². The summed E-state index contributed by atoms with van der Waals surface area (Å²) in [5.41, 5.74) is 5.58. The zero-order chi connectivity index (χ0) is 22.2. The number of anilines is 2. The van der Waals surface area contributed by atoms with Crippen molar-refractivity contribution in [3.8, 4) is 0 Å². The molecule has 30 heavy (non-hydrogen) atoms. The average Bonchev–Trinajstić information content (AvgIpc) is 2.70. The molecule has 1 aliphatic rings. The van der Waals surface area contributed by atoms with Gasteiger partial charge in [-0.25, -0.2) is 9.59 Å². The predicted octanol–water partition coefficient (Wildman–Crippen LogP) is 2.07. The highest BCUT2D eigenvalue weighted by Crippen LogP contribution is 2.37. The Morgan fingerprint density at radius 2 is 1.97 bits per heavy atom. The van der Waals surface area contributed by atoms with Crippen molar-refractivity contribution in [1.29, 1.82) is 0 Å². The van der Waals surface area contributed by atoms with Gasteiger partial charge < -0.3 is 20.8 Å². The number of hydrogen-bond acceptors (Lipinski definition) is 7. The van der Waals surface area contributed by atoms with Gasteiger partial charge in [0.25, 0.3) is 5.56 Å². The summed E-state index contributed by atoms with van der Waals surface area (Å²) in [4.78, 5) is 43.1. The van der Waals surface area contributed by atoms with E-state index >= 15 is 0 Å². The summed E-state index contributed by atoms with van der Waals surface area (Å²) in [6, 6.07) is 3.70. The summed E-state index contributed by atoms with van der Waals surface area (Å²) in [5, 5.41) is 19.2. The van der Waals surface area contributed by atoms with Crippen LogP contribution in [0, 0.1) is 0 Å². The van der Waals surface area contributed by atoms with Crippen molar-refractivity contribution in [2.45, 2.75) is 15.8 Å². The van der Waals surface area contributed by atoms with E-state index in [4.69, 9.17) is 28.9 Å². The summed E-state index contributed by atoms with van der Waals surface area (Å²) in [6.45, 7) is -0.0763. The van der Waals surface area contributed by atoms with Gasteiger partial charge in [0.1, 0.15) is 16.8 Å². The molecule has 2 heterocycles. The molecule has 3 rings (SSSR count). The average molecular weight is 474 g/mol. The van der Waals surface area contributed by atoms with Gasteiger partial charge in [0.2, 0.25) is 5.95 Å². The summed E-state index contributed by atoms with van der Waals surface area (Å²) < 4.78 is 1.24. The Kier molecular flexibility index (Phi) is 6.34. The quantitative estimate of drug-likeness (QED) is 0.607. The third-order valence-electron chi connectivity index (χ3n) is 4.57. The number of carboxylic acids is 1. The van der Waals surface area contributed by atoms with Crippen LogP contribution in [0.2, 0.25) is 10.0 Å².